The zero-order valence-electron chi connectivity index (χ0n) is 11.4. The third-order valence-electron chi connectivity index (χ3n) is 4.54. The van der Waals surface area contributed by atoms with Gasteiger partial charge >= 0.3 is 0 Å². The molecule has 0 bridgehead atoms. The first-order valence-electron chi connectivity index (χ1n) is 7.21. The lowest BCUT2D eigenvalue weighted by atomic mass is 10.0. The van der Waals surface area contributed by atoms with Crippen LogP contribution in [0.5, 0.6) is 0 Å². The van der Waals surface area contributed by atoms with E-state index in [9.17, 15) is 0 Å². The van der Waals surface area contributed by atoms with Crippen molar-refractivity contribution in [1.82, 2.24) is 30.0 Å². The number of hydrogen-bond donors (Lipinski definition) is 2. The van der Waals surface area contributed by atoms with Crippen LogP contribution < -0.4 is 11.1 Å². The quantitative estimate of drug-likeness (QED) is 0.802. The fourth-order valence-corrected chi connectivity index (χ4v) is 3.17. The predicted octanol–water partition coefficient (Wildman–Crippen LogP) is 0.0172. The van der Waals surface area contributed by atoms with Crippen LogP contribution in [0.2, 0.25) is 0 Å². The smallest absolute Gasteiger partial charge is 0.163 e. The number of likely N-dealkylation sites (tertiary alicyclic amines) is 1. The molecule has 20 heavy (non-hydrogen) atoms. The second-order valence-corrected chi connectivity index (χ2v) is 5.66. The van der Waals surface area contributed by atoms with Gasteiger partial charge in [0.25, 0.3) is 0 Å². The van der Waals surface area contributed by atoms with Crippen LogP contribution in [-0.2, 0) is 0 Å². The SMILES string of the molecule is Nc1ncnc2c1cnn2C1CCN(C2CNC2)CC1. The summed E-state index contributed by atoms with van der Waals surface area (Å²) >= 11 is 0. The first kappa shape index (κ1) is 12.0. The van der Waals surface area contributed by atoms with Crippen LogP contribution in [0.25, 0.3) is 11.0 Å². The zero-order valence-corrected chi connectivity index (χ0v) is 11.4. The van der Waals surface area contributed by atoms with Crippen molar-refractivity contribution in [2.24, 2.45) is 0 Å². The molecule has 0 aliphatic carbocycles. The minimum absolute atomic E-state index is 0.422. The lowest BCUT2D eigenvalue weighted by molar-refractivity contribution is 0.0989. The topological polar surface area (TPSA) is 84.9 Å². The Morgan fingerprint density at radius 2 is 1.95 bits per heavy atom. The van der Waals surface area contributed by atoms with Gasteiger partial charge in [0.1, 0.15) is 12.1 Å². The number of hydrogen-bond acceptors (Lipinski definition) is 6. The van der Waals surface area contributed by atoms with Crippen molar-refractivity contribution in [3.8, 4) is 0 Å². The van der Waals surface area contributed by atoms with E-state index in [1.807, 2.05) is 4.68 Å². The van der Waals surface area contributed by atoms with Crippen LogP contribution >= 0.6 is 0 Å². The highest BCUT2D eigenvalue weighted by Gasteiger charge is 2.30. The van der Waals surface area contributed by atoms with Crippen LogP contribution in [0.15, 0.2) is 12.5 Å². The molecule has 4 rings (SSSR count). The summed E-state index contributed by atoms with van der Waals surface area (Å²) in [7, 11) is 0. The van der Waals surface area contributed by atoms with Gasteiger partial charge in [-0.3, -0.25) is 4.90 Å². The molecule has 2 saturated heterocycles. The molecule has 0 radical (unpaired) electrons. The van der Waals surface area contributed by atoms with E-state index < -0.39 is 0 Å². The minimum Gasteiger partial charge on any atom is -0.383 e. The molecule has 0 saturated carbocycles. The summed E-state index contributed by atoms with van der Waals surface area (Å²) in [4.78, 5) is 10.9. The third kappa shape index (κ3) is 1.85. The first-order chi connectivity index (χ1) is 9.83. The van der Waals surface area contributed by atoms with Crippen molar-refractivity contribution in [2.75, 3.05) is 31.9 Å². The second kappa shape index (κ2) is 4.68. The van der Waals surface area contributed by atoms with Gasteiger partial charge in [0.2, 0.25) is 0 Å². The summed E-state index contributed by atoms with van der Waals surface area (Å²) in [6.07, 6.45) is 5.55. The van der Waals surface area contributed by atoms with Crippen LogP contribution in [0.1, 0.15) is 18.9 Å². The lowest BCUT2D eigenvalue weighted by Crippen LogP contribution is -2.58. The van der Waals surface area contributed by atoms with E-state index in [2.05, 4.69) is 25.3 Å². The summed E-state index contributed by atoms with van der Waals surface area (Å²) in [5.41, 5.74) is 6.73. The Morgan fingerprint density at radius 3 is 2.65 bits per heavy atom. The van der Waals surface area contributed by atoms with Crippen LogP contribution in [-0.4, -0.2) is 56.9 Å². The molecular formula is C13H19N7. The standard InChI is InChI=1S/C13H19N7/c14-12-11-7-18-20(13(11)17-8-16-12)9-1-3-19(4-2-9)10-5-15-6-10/h7-10,15H,1-6H2,(H2,14,16,17). The van der Waals surface area contributed by atoms with Gasteiger partial charge in [-0.15, -0.1) is 0 Å². The van der Waals surface area contributed by atoms with Gasteiger partial charge in [-0.05, 0) is 12.8 Å². The van der Waals surface area contributed by atoms with E-state index in [0.717, 1.165) is 56.1 Å². The fraction of sp³-hybridized carbons (Fsp3) is 0.615. The number of anilines is 1. The molecule has 2 aromatic heterocycles. The van der Waals surface area contributed by atoms with Crippen LogP contribution in [0.3, 0.4) is 0 Å². The van der Waals surface area contributed by atoms with Crippen molar-refractivity contribution in [1.29, 1.82) is 0 Å². The highest BCUT2D eigenvalue weighted by Crippen LogP contribution is 2.27. The average molecular weight is 273 g/mol. The van der Waals surface area contributed by atoms with E-state index in [4.69, 9.17) is 5.73 Å². The molecule has 3 N–H and O–H groups in total. The molecule has 2 aliphatic heterocycles. The number of fused-ring (bicyclic) bond motifs is 1. The Bertz CT molecular complexity index is 610. The number of nitrogens with two attached hydrogens (primary N) is 1. The maximum absolute atomic E-state index is 5.87. The molecule has 0 amide bonds. The molecule has 106 valence electrons. The molecule has 0 atom stereocenters. The Kier molecular flexibility index (Phi) is 2.82. The third-order valence-corrected chi connectivity index (χ3v) is 4.54. The highest BCUT2D eigenvalue weighted by atomic mass is 15.3. The van der Waals surface area contributed by atoms with Crippen molar-refractivity contribution >= 4 is 16.9 Å². The van der Waals surface area contributed by atoms with Gasteiger partial charge in [0.15, 0.2) is 5.65 Å². The van der Waals surface area contributed by atoms with Crippen LogP contribution in [0.4, 0.5) is 5.82 Å². The Hall–Kier alpha value is -1.73. The summed E-state index contributed by atoms with van der Waals surface area (Å²) < 4.78 is 2.03. The van der Waals surface area contributed by atoms with Gasteiger partial charge in [-0.25, -0.2) is 14.6 Å². The van der Waals surface area contributed by atoms with Gasteiger partial charge in [0.05, 0.1) is 17.6 Å². The zero-order chi connectivity index (χ0) is 13.5. The molecule has 2 aliphatic rings. The summed E-state index contributed by atoms with van der Waals surface area (Å²) in [6, 6.07) is 1.16. The number of aromatic nitrogens is 4. The van der Waals surface area contributed by atoms with E-state index >= 15 is 0 Å². The molecule has 7 heteroatoms. The monoisotopic (exact) mass is 273 g/mol. The fourth-order valence-electron chi connectivity index (χ4n) is 3.17. The highest BCUT2D eigenvalue weighted by molar-refractivity contribution is 5.84. The van der Waals surface area contributed by atoms with E-state index in [1.165, 1.54) is 6.33 Å². The van der Waals surface area contributed by atoms with E-state index in [0.29, 0.717) is 11.9 Å². The minimum atomic E-state index is 0.422. The Labute approximate surface area is 117 Å². The lowest BCUT2D eigenvalue weighted by Gasteiger charge is -2.42. The molecule has 2 aromatic rings. The Balaban J connectivity index is 1.54. The first-order valence-corrected chi connectivity index (χ1v) is 7.21. The van der Waals surface area contributed by atoms with Crippen molar-refractivity contribution in [3.05, 3.63) is 12.5 Å². The maximum Gasteiger partial charge on any atom is 0.163 e. The van der Waals surface area contributed by atoms with Gasteiger partial charge in [-0.1, -0.05) is 0 Å². The number of piperidine rings is 1. The molecule has 2 fully saturated rings. The maximum atomic E-state index is 5.87. The summed E-state index contributed by atoms with van der Waals surface area (Å²) in [5, 5.41) is 8.68. The van der Waals surface area contributed by atoms with Gasteiger partial charge in [0, 0.05) is 32.2 Å². The summed E-state index contributed by atoms with van der Waals surface area (Å²) in [5.74, 6) is 0.513. The Morgan fingerprint density at radius 1 is 1.15 bits per heavy atom. The van der Waals surface area contributed by atoms with Gasteiger partial charge in [-0.2, -0.15) is 5.10 Å². The summed E-state index contributed by atoms with van der Waals surface area (Å²) in [6.45, 7) is 4.55. The van der Waals surface area contributed by atoms with Crippen molar-refractivity contribution in [2.45, 2.75) is 24.9 Å². The molecule has 0 unspecified atom stereocenters. The molecular weight excluding hydrogens is 254 g/mol. The molecule has 7 nitrogen and oxygen atoms in total. The second-order valence-electron chi connectivity index (χ2n) is 5.66. The van der Waals surface area contributed by atoms with Crippen LogP contribution in [0, 0.1) is 0 Å². The van der Waals surface area contributed by atoms with Crippen molar-refractivity contribution < 1.29 is 0 Å². The number of rotatable bonds is 2. The number of nitrogen functional groups attached to an aromatic ring is 1. The predicted molar refractivity (Wildman–Crippen MR) is 76.2 cm³/mol. The molecule has 4 heterocycles. The molecule has 0 aromatic carbocycles. The normalized spacial score (nSPS) is 22.2. The number of nitrogens with one attached hydrogen (secondary N) is 1. The van der Waals surface area contributed by atoms with E-state index in [-0.39, 0.29) is 0 Å². The van der Waals surface area contributed by atoms with Crippen molar-refractivity contribution in [3.63, 3.8) is 0 Å². The van der Waals surface area contributed by atoms with Gasteiger partial charge < -0.3 is 11.1 Å². The number of nitrogens with zero attached hydrogens (tertiary/aromatic N) is 5. The average Bonchev–Trinajstić information content (AvgIpc) is 2.83. The van der Waals surface area contributed by atoms with E-state index in [1.54, 1.807) is 6.20 Å². The molecule has 0 spiro atoms. The largest absolute Gasteiger partial charge is 0.383 e.